The number of carbonyl (C=O) groups excluding carboxylic acids is 1. The molecule has 5 nitrogen and oxygen atoms in total. The lowest BCUT2D eigenvalue weighted by Crippen LogP contribution is -2.26. The second-order valence-electron chi connectivity index (χ2n) is 5.25. The highest BCUT2D eigenvalue weighted by Crippen LogP contribution is 2.30. The van der Waals surface area contributed by atoms with Crippen LogP contribution in [0.5, 0.6) is 17.2 Å². The van der Waals surface area contributed by atoms with Crippen molar-refractivity contribution in [3.05, 3.63) is 53.6 Å². The van der Waals surface area contributed by atoms with Crippen molar-refractivity contribution in [1.82, 2.24) is 4.90 Å². The Morgan fingerprint density at radius 2 is 1.72 bits per heavy atom. The normalized spacial score (nSPS) is 10.5. The van der Waals surface area contributed by atoms with E-state index in [9.17, 15) is 13.6 Å². The van der Waals surface area contributed by atoms with Crippen LogP contribution in [0.25, 0.3) is 0 Å². The van der Waals surface area contributed by atoms with Crippen molar-refractivity contribution in [2.24, 2.45) is 0 Å². The van der Waals surface area contributed by atoms with Gasteiger partial charge in [-0.25, -0.2) is 0 Å². The molecule has 1 amide bonds. The molecule has 0 aliphatic rings. The third-order valence-corrected chi connectivity index (χ3v) is 3.55. The minimum absolute atomic E-state index is 0.0506. The van der Waals surface area contributed by atoms with Crippen LogP contribution in [0.1, 0.15) is 15.9 Å². The first-order valence-electron chi connectivity index (χ1n) is 7.46. The third-order valence-electron chi connectivity index (χ3n) is 3.55. The number of alkyl halides is 2. The average molecular weight is 351 g/mol. The fraction of sp³-hybridized carbons (Fsp3) is 0.278. The van der Waals surface area contributed by atoms with Gasteiger partial charge in [-0.2, -0.15) is 8.78 Å². The fourth-order valence-corrected chi connectivity index (χ4v) is 2.30. The van der Waals surface area contributed by atoms with Crippen molar-refractivity contribution in [1.29, 1.82) is 0 Å². The van der Waals surface area contributed by atoms with Gasteiger partial charge < -0.3 is 19.1 Å². The van der Waals surface area contributed by atoms with Gasteiger partial charge in [0.1, 0.15) is 5.75 Å². The first-order chi connectivity index (χ1) is 11.9. The maximum Gasteiger partial charge on any atom is 0.387 e. The monoisotopic (exact) mass is 351 g/mol. The number of carbonyl (C=O) groups is 1. The Hall–Kier alpha value is -2.83. The van der Waals surface area contributed by atoms with Crippen LogP contribution in [0.15, 0.2) is 42.5 Å². The number of methoxy groups -OCH3 is 2. The molecule has 134 valence electrons. The van der Waals surface area contributed by atoms with E-state index in [1.165, 1.54) is 18.1 Å². The Kier molecular flexibility index (Phi) is 6.16. The lowest BCUT2D eigenvalue weighted by Gasteiger charge is -2.18. The highest BCUT2D eigenvalue weighted by atomic mass is 19.3. The highest BCUT2D eigenvalue weighted by Gasteiger charge is 2.15. The molecule has 0 saturated heterocycles. The van der Waals surface area contributed by atoms with E-state index in [0.29, 0.717) is 11.3 Å². The number of amides is 1. The van der Waals surface area contributed by atoms with Crippen LogP contribution in [0.4, 0.5) is 8.78 Å². The van der Waals surface area contributed by atoms with Gasteiger partial charge in [0, 0.05) is 19.2 Å². The van der Waals surface area contributed by atoms with Crippen LogP contribution in [0.2, 0.25) is 0 Å². The number of hydrogen-bond donors (Lipinski definition) is 0. The molecule has 0 bridgehead atoms. The Morgan fingerprint density at radius 1 is 1.04 bits per heavy atom. The van der Waals surface area contributed by atoms with Gasteiger partial charge in [0.15, 0.2) is 11.5 Å². The Morgan fingerprint density at radius 3 is 2.28 bits per heavy atom. The molecule has 2 aromatic rings. The zero-order chi connectivity index (χ0) is 18.4. The summed E-state index contributed by atoms with van der Waals surface area (Å²) in [7, 11) is 4.57. The van der Waals surface area contributed by atoms with Crippen LogP contribution in [0.3, 0.4) is 0 Å². The van der Waals surface area contributed by atoms with Crippen molar-refractivity contribution >= 4 is 5.91 Å². The highest BCUT2D eigenvalue weighted by molar-refractivity contribution is 5.94. The van der Waals surface area contributed by atoms with Crippen LogP contribution in [-0.4, -0.2) is 38.7 Å². The molecule has 0 spiro atoms. The summed E-state index contributed by atoms with van der Waals surface area (Å²) in [6, 6.07) is 11.3. The summed E-state index contributed by atoms with van der Waals surface area (Å²) in [5.74, 6) is 0.626. The third kappa shape index (κ3) is 4.82. The molecule has 0 aliphatic carbocycles. The van der Waals surface area contributed by atoms with Crippen LogP contribution >= 0.6 is 0 Å². The van der Waals surface area contributed by atoms with Crippen molar-refractivity contribution in [2.75, 3.05) is 21.3 Å². The molecular formula is C18H19F2NO4. The van der Waals surface area contributed by atoms with E-state index in [2.05, 4.69) is 4.74 Å². The Labute approximate surface area is 144 Å². The quantitative estimate of drug-likeness (QED) is 0.765. The predicted molar refractivity (Wildman–Crippen MR) is 88.4 cm³/mol. The fourth-order valence-electron chi connectivity index (χ4n) is 2.30. The summed E-state index contributed by atoms with van der Waals surface area (Å²) in [4.78, 5) is 14.0. The maximum atomic E-state index is 12.4. The second kappa shape index (κ2) is 8.32. The number of hydrogen-bond acceptors (Lipinski definition) is 4. The summed E-state index contributed by atoms with van der Waals surface area (Å²) in [6.07, 6.45) is 0. The Balaban J connectivity index is 2.10. The molecule has 0 atom stereocenters. The summed E-state index contributed by atoms with van der Waals surface area (Å²) < 4.78 is 39.2. The summed E-state index contributed by atoms with van der Waals surface area (Å²) in [6.45, 7) is -2.64. The second-order valence-corrected chi connectivity index (χ2v) is 5.25. The van der Waals surface area contributed by atoms with Crippen molar-refractivity contribution < 1.29 is 27.8 Å². The van der Waals surface area contributed by atoms with Gasteiger partial charge in [-0.1, -0.05) is 6.07 Å². The van der Waals surface area contributed by atoms with E-state index in [0.717, 1.165) is 5.56 Å². The Bertz CT molecular complexity index is 720. The molecular weight excluding hydrogens is 332 g/mol. The molecule has 7 heteroatoms. The maximum absolute atomic E-state index is 12.4. The van der Waals surface area contributed by atoms with Gasteiger partial charge in [0.25, 0.3) is 5.91 Å². The summed E-state index contributed by atoms with van der Waals surface area (Å²) in [5.41, 5.74) is 1.25. The number of rotatable bonds is 7. The van der Waals surface area contributed by atoms with Gasteiger partial charge in [-0.3, -0.25) is 4.79 Å². The van der Waals surface area contributed by atoms with E-state index in [4.69, 9.17) is 9.47 Å². The molecule has 0 fully saturated rings. The minimum Gasteiger partial charge on any atom is -0.497 e. The van der Waals surface area contributed by atoms with Gasteiger partial charge in [-0.15, -0.1) is 0 Å². The van der Waals surface area contributed by atoms with Crippen LogP contribution in [-0.2, 0) is 6.54 Å². The minimum atomic E-state index is -2.93. The molecule has 0 heterocycles. The first kappa shape index (κ1) is 18.5. The number of halogens is 2. The van der Waals surface area contributed by atoms with Crippen molar-refractivity contribution in [3.8, 4) is 17.2 Å². The largest absolute Gasteiger partial charge is 0.497 e. The smallest absolute Gasteiger partial charge is 0.387 e. The van der Waals surface area contributed by atoms with Crippen LogP contribution in [0, 0.1) is 0 Å². The first-order valence-corrected chi connectivity index (χ1v) is 7.46. The average Bonchev–Trinajstić information content (AvgIpc) is 2.61. The molecule has 0 radical (unpaired) electrons. The van der Waals surface area contributed by atoms with Gasteiger partial charge in [-0.05, 0) is 42.0 Å². The topological polar surface area (TPSA) is 48.0 Å². The lowest BCUT2D eigenvalue weighted by molar-refractivity contribution is -0.0512. The number of benzene rings is 2. The van der Waals surface area contributed by atoms with Crippen molar-refractivity contribution in [3.63, 3.8) is 0 Å². The van der Waals surface area contributed by atoms with E-state index < -0.39 is 6.61 Å². The molecule has 2 aromatic carbocycles. The predicted octanol–water partition coefficient (Wildman–Crippen LogP) is 3.58. The molecule has 0 aliphatic heterocycles. The zero-order valence-electron chi connectivity index (χ0n) is 14.2. The lowest BCUT2D eigenvalue weighted by atomic mass is 10.1. The van der Waals surface area contributed by atoms with E-state index in [1.807, 2.05) is 0 Å². The standard InChI is InChI=1S/C18H19F2NO4/c1-21(17(22)13-5-7-14(23-2)8-6-13)11-12-4-9-15(25-18(19)20)16(10-12)24-3/h4-10,18H,11H2,1-3H3. The molecule has 0 unspecified atom stereocenters. The van der Waals surface area contributed by atoms with Gasteiger partial charge in [0.05, 0.1) is 14.2 Å². The molecule has 0 aromatic heterocycles. The molecule has 25 heavy (non-hydrogen) atoms. The zero-order valence-corrected chi connectivity index (χ0v) is 14.2. The number of ether oxygens (including phenoxy) is 3. The van der Waals surface area contributed by atoms with E-state index in [1.54, 1.807) is 50.6 Å². The van der Waals surface area contributed by atoms with Gasteiger partial charge >= 0.3 is 6.61 Å². The summed E-state index contributed by atoms with van der Waals surface area (Å²) >= 11 is 0. The van der Waals surface area contributed by atoms with Crippen LogP contribution < -0.4 is 14.2 Å². The van der Waals surface area contributed by atoms with E-state index in [-0.39, 0.29) is 24.0 Å². The summed E-state index contributed by atoms with van der Waals surface area (Å²) in [5, 5.41) is 0. The molecule has 0 N–H and O–H groups in total. The van der Waals surface area contributed by atoms with Crippen molar-refractivity contribution in [2.45, 2.75) is 13.2 Å². The molecule has 2 rings (SSSR count). The van der Waals surface area contributed by atoms with Gasteiger partial charge in [0.2, 0.25) is 0 Å². The molecule has 0 saturated carbocycles. The number of nitrogens with zero attached hydrogens (tertiary/aromatic N) is 1. The SMILES string of the molecule is COc1ccc(C(=O)N(C)Cc2ccc(OC(F)F)c(OC)c2)cc1. The van der Waals surface area contributed by atoms with E-state index >= 15 is 0 Å².